The number of hydrogen-bond acceptors (Lipinski definition) is 2. The SMILES string of the molecule is O=S(=O)(c1cccc(C(F)(F)F)c1)N1CCCc2cc(Br)ccc21. The van der Waals surface area contributed by atoms with Crippen LogP contribution in [0.5, 0.6) is 0 Å². The molecule has 0 atom stereocenters. The topological polar surface area (TPSA) is 37.4 Å². The predicted molar refractivity (Wildman–Crippen MR) is 88.4 cm³/mol. The van der Waals surface area contributed by atoms with E-state index in [9.17, 15) is 21.6 Å². The number of fused-ring (bicyclic) bond motifs is 1. The third kappa shape index (κ3) is 3.17. The number of aryl methyl sites for hydroxylation is 1. The summed E-state index contributed by atoms with van der Waals surface area (Å²) in [7, 11) is -4.05. The van der Waals surface area contributed by atoms with E-state index in [-0.39, 0.29) is 11.4 Å². The monoisotopic (exact) mass is 419 g/mol. The Balaban J connectivity index is 2.07. The smallest absolute Gasteiger partial charge is 0.266 e. The Morgan fingerprint density at radius 2 is 1.83 bits per heavy atom. The maximum Gasteiger partial charge on any atom is 0.416 e. The van der Waals surface area contributed by atoms with E-state index in [1.165, 1.54) is 10.4 Å². The van der Waals surface area contributed by atoms with E-state index in [0.29, 0.717) is 18.2 Å². The average molecular weight is 420 g/mol. The number of nitrogens with zero attached hydrogens (tertiary/aromatic N) is 1. The lowest BCUT2D eigenvalue weighted by Crippen LogP contribution is -2.35. The van der Waals surface area contributed by atoms with Gasteiger partial charge in [-0.2, -0.15) is 13.2 Å². The fraction of sp³-hybridized carbons (Fsp3) is 0.250. The van der Waals surface area contributed by atoms with E-state index < -0.39 is 21.8 Å². The van der Waals surface area contributed by atoms with Crippen LogP contribution in [0.1, 0.15) is 17.5 Å². The van der Waals surface area contributed by atoms with E-state index in [1.54, 1.807) is 12.1 Å². The van der Waals surface area contributed by atoms with Crippen LogP contribution in [0.2, 0.25) is 0 Å². The van der Waals surface area contributed by atoms with Gasteiger partial charge in [-0.05, 0) is 54.8 Å². The van der Waals surface area contributed by atoms with Crippen LogP contribution < -0.4 is 4.31 Å². The highest BCUT2D eigenvalue weighted by Crippen LogP contribution is 2.35. The van der Waals surface area contributed by atoms with Crippen molar-refractivity contribution >= 4 is 31.6 Å². The van der Waals surface area contributed by atoms with E-state index in [4.69, 9.17) is 0 Å². The van der Waals surface area contributed by atoms with E-state index >= 15 is 0 Å². The van der Waals surface area contributed by atoms with Gasteiger partial charge in [0.2, 0.25) is 0 Å². The average Bonchev–Trinajstić information content (AvgIpc) is 2.53. The summed E-state index contributed by atoms with van der Waals surface area (Å²) in [5.41, 5.74) is 0.393. The lowest BCUT2D eigenvalue weighted by Gasteiger charge is -2.30. The molecule has 8 heteroatoms. The molecule has 0 fully saturated rings. The first-order valence-electron chi connectivity index (χ1n) is 7.18. The Kier molecular flexibility index (Phi) is 4.37. The van der Waals surface area contributed by atoms with Gasteiger partial charge >= 0.3 is 6.18 Å². The largest absolute Gasteiger partial charge is 0.416 e. The minimum atomic E-state index is -4.59. The molecule has 0 N–H and O–H groups in total. The predicted octanol–water partition coefficient (Wildman–Crippen LogP) is 4.61. The van der Waals surface area contributed by atoms with Gasteiger partial charge in [0.1, 0.15) is 0 Å². The molecule has 3 nitrogen and oxygen atoms in total. The molecule has 0 radical (unpaired) electrons. The first-order chi connectivity index (χ1) is 11.2. The molecule has 0 aliphatic carbocycles. The quantitative estimate of drug-likeness (QED) is 0.712. The third-order valence-corrected chi connectivity index (χ3v) is 6.17. The minimum Gasteiger partial charge on any atom is -0.266 e. The van der Waals surface area contributed by atoms with Crippen molar-refractivity contribution in [3.05, 3.63) is 58.1 Å². The van der Waals surface area contributed by atoms with Gasteiger partial charge in [-0.3, -0.25) is 4.31 Å². The molecular weight excluding hydrogens is 407 g/mol. The molecular formula is C16H13BrF3NO2S. The maximum absolute atomic E-state index is 12.9. The normalized spacial score (nSPS) is 15.2. The van der Waals surface area contributed by atoms with Crippen molar-refractivity contribution in [1.29, 1.82) is 0 Å². The number of alkyl halides is 3. The van der Waals surface area contributed by atoms with Crippen molar-refractivity contribution in [2.75, 3.05) is 10.8 Å². The number of sulfonamides is 1. The summed E-state index contributed by atoms with van der Waals surface area (Å²) in [4.78, 5) is -0.354. The second-order valence-electron chi connectivity index (χ2n) is 5.48. The van der Waals surface area contributed by atoms with Crippen LogP contribution in [0.15, 0.2) is 51.8 Å². The molecule has 1 heterocycles. The lowest BCUT2D eigenvalue weighted by atomic mass is 10.0. The summed E-state index contributed by atoms with van der Waals surface area (Å²) in [6, 6.07) is 9.08. The number of rotatable bonds is 2. The second-order valence-corrected chi connectivity index (χ2v) is 8.26. The van der Waals surface area contributed by atoms with Gasteiger partial charge in [-0.15, -0.1) is 0 Å². The molecule has 128 valence electrons. The molecule has 0 spiro atoms. The Morgan fingerprint density at radius 3 is 2.54 bits per heavy atom. The molecule has 0 bridgehead atoms. The van der Waals surface area contributed by atoms with Gasteiger partial charge in [-0.25, -0.2) is 8.42 Å². The molecule has 0 saturated carbocycles. The molecule has 2 aromatic carbocycles. The van der Waals surface area contributed by atoms with Crippen molar-refractivity contribution in [2.24, 2.45) is 0 Å². The Hall–Kier alpha value is -1.54. The standard InChI is InChI=1S/C16H13BrF3NO2S/c17-13-6-7-15-11(9-13)3-2-8-21(15)24(22,23)14-5-1-4-12(10-14)16(18,19)20/h1,4-7,9-10H,2-3,8H2. The van der Waals surface area contributed by atoms with E-state index in [2.05, 4.69) is 15.9 Å². The lowest BCUT2D eigenvalue weighted by molar-refractivity contribution is -0.137. The Bertz CT molecular complexity index is 881. The summed E-state index contributed by atoms with van der Waals surface area (Å²) in [5.74, 6) is 0. The van der Waals surface area contributed by atoms with Crippen LogP contribution >= 0.6 is 15.9 Å². The first-order valence-corrected chi connectivity index (χ1v) is 9.41. The number of anilines is 1. The zero-order valence-electron chi connectivity index (χ0n) is 12.3. The fourth-order valence-corrected chi connectivity index (χ4v) is 4.74. The van der Waals surface area contributed by atoms with Gasteiger partial charge in [0.15, 0.2) is 0 Å². The van der Waals surface area contributed by atoms with Gasteiger partial charge in [0.05, 0.1) is 16.1 Å². The van der Waals surface area contributed by atoms with Crippen molar-refractivity contribution in [3.8, 4) is 0 Å². The van der Waals surface area contributed by atoms with Gasteiger partial charge in [0.25, 0.3) is 10.0 Å². The van der Waals surface area contributed by atoms with Crippen LogP contribution in [-0.2, 0) is 22.6 Å². The molecule has 24 heavy (non-hydrogen) atoms. The summed E-state index contributed by atoms with van der Waals surface area (Å²) >= 11 is 3.34. The number of hydrogen-bond donors (Lipinski definition) is 0. The zero-order valence-corrected chi connectivity index (χ0v) is 14.7. The molecule has 1 aliphatic rings. The summed E-state index contributed by atoms with van der Waals surface area (Å²) in [6.07, 6.45) is -3.25. The minimum absolute atomic E-state index is 0.243. The summed E-state index contributed by atoms with van der Waals surface area (Å²) in [6.45, 7) is 0.243. The van der Waals surface area contributed by atoms with Crippen LogP contribution in [0, 0.1) is 0 Å². The molecule has 0 amide bonds. The number of benzene rings is 2. The highest BCUT2D eigenvalue weighted by atomic mass is 79.9. The van der Waals surface area contributed by atoms with Gasteiger partial charge in [0, 0.05) is 11.0 Å². The summed E-state index contributed by atoms with van der Waals surface area (Å²) < 4.78 is 66.3. The molecule has 3 rings (SSSR count). The van der Waals surface area contributed by atoms with Crippen molar-refractivity contribution in [3.63, 3.8) is 0 Å². The third-order valence-electron chi connectivity index (χ3n) is 3.87. The van der Waals surface area contributed by atoms with Crippen molar-refractivity contribution in [1.82, 2.24) is 0 Å². The molecule has 0 unspecified atom stereocenters. The van der Waals surface area contributed by atoms with Gasteiger partial charge < -0.3 is 0 Å². The van der Waals surface area contributed by atoms with Crippen LogP contribution in [0.3, 0.4) is 0 Å². The molecule has 0 saturated heterocycles. The number of halogens is 4. The molecule has 1 aliphatic heterocycles. The van der Waals surface area contributed by atoms with Crippen LogP contribution in [0.25, 0.3) is 0 Å². The van der Waals surface area contributed by atoms with E-state index in [0.717, 1.165) is 28.6 Å². The summed E-state index contributed by atoms with van der Waals surface area (Å²) in [5, 5.41) is 0. The first kappa shape index (κ1) is 17.3. The van der Waals surface area contributed by atoms with Crippen LogP contribution in [0.4, 0.5) is 18.9 Å². The van der Waals surface area contributed by atoms with Crippen LogP contribution in [-0.4, -0.2) is 15.0 Å². The van der Waals surface area contributed by atoms with Crippen molar-refractivity contribution < 1.29 is 21.6 Å². The Labute approximate surface area is 146 Å². The highest BCUT2D eigenvalue weighted by molar-refractivity contribution is 9.10. The second kappa shape index (κ2) is 6.07. The van der Waals surface area contributed by atoms with Gasteiger partial charge in [-0.1, -0.05) is 22.0 Å². The maximum atomic E-state index is 12.9. The zero-order chi connectivity index (χ0) is 17.5. The highest BCUT2D eigenvalue weighted by Gasteiger charge is 2.34. The van der Waals surface area contributed by atoms with Crippen molar-refractivity contribution in [2.45, 2.75) is 23.9 Å². The molecule has 2 aromatic rings. The fourth-order valence-electron chi connectivity index (χ4n) is 2.74. The molecule has 0 aromatic heterocycles. The Morgan fingerprint density at radius 1 is 1.08 bits per heavy atom. The van der Waals surface area contributed by atoms with E-state index in [1.807, 2.05) is 6.07 Å².